The summed E-state index contributed by atoms with van der Waals surface area (Å²) in [6.45, 7) is 6.13. The second kappa shape index (κ2) is 6.67. The maximum atomic E-state index is 14.3. The average Bonchev–Trinajstić information content (AvgIpc) is 2.44. The lowest BCUT2D eigenvalue weighted by Gasteiger charge is -2.22. The number of rotatable bonds is 4. The van der Waals surface area contributed by atoms with Gasteiger partial charge in [0.1, 0.15) is 11.6 Å². The Kier molecular flexibility index (Phi) is 5.12. The minimum absolute atomic E-state index is 0.315. The third kappa shape index (κ3) is 3.33. The van der Waals surface area contributed by atoms with E-state index in [9.17, 15) is 8.78 Å². The van der Waals surface area contributed by atoms with Crippen LogP contribution >= 0.6 is 15.9 Å². The summed E-state index contributed by atoms with van der Waals surface area (Å²) in [7, 11) is 0. The van der Waals surface area contributed by atoms with E-state index >= 15 is 0 Å². The second-order valence-corrected chi connectivity index (χ2v) is 5.88. The molecular formula is C17H18BrF2N. The van der Waals surface area contributed by atoms with Gasteiger partial charge in [0.15, 0.2) is 0 Å². The van der Waals surface area contributed by atoms with E-state index in [1.54, 1.807) is 6.92 Å². The molecule has 4 heteroatoms. The number of nitrogens with one attached hydrogen (secondary N) is 1. The van der Waals surface area contributed by atoms with Crippen LogP contribution in [0.15, 0.2) is 34.8 Å². The van der Waals surface area contributed by atoms with Gasteiger partial charge in [0, 0.05) is 10.0 Å². The lowest BCUT2D eigenvalue weighted by molar-refractivity contribution is 0.540. The van der Waals surface area contributed by atoms with Crippen LogP contribution < -0.4 is 5.32 Å². The van der Waals surface area contributed by atoms with Crippen molar-refractivity contribution in [3.8, 4) is 0 Å². The van der Waals surface area contributed by atoms with Gasteiger partial charge in [-0.2, -0.15) is 0 Å². The van der Waals surface area contributed by atoms with Crippen LogP contribution in [0.5, 0.6) is 0 Å². The van der Waals surface area contributed by atoms with Gasteiger partial charge in [0.2, 0.25) is 0 Å². The van der Waals surface area contributed by atoms with E-state index in [0.29, 0.717) is 17.7 Å². The molecule has 1 N–H and O–H groups in total. The number of benzene rings is 2. The van der Waals surface area contributed by atoms with E-state index in [0.717, 1.165) is 15.6 Å². The maximum Gasteiger partial charge on any atom is 0.128 e. The van der Waals surface area contributed by atoms with Gasteiger partial charge in [-0.25, -0.2) is 8.78 Å². The monoisotopic (exact) mass is 353 g/mol. The fourth-order valence-electron chi connectivity index (χ4n) is 2.37. The fourth-order valence-corrected chi connectivity index (χ4v) is 2.86. The van der Waals surface area contributed by atoms with Crippen LogP contribution in [0.25, 0.3) is 0 Å². The molecule has 0 aliphatic heterocycles. The van der Waals surface area contributed by atoms with E-state index in [2.05, 4.69) is 21.2 Å². The van der Waals surface area contributed by atoms with Gasteiger partial charge in [0.05, 0.1) is 6.04 Å². The Morgan fingerprint density at radius 3 is 2.43 bits per heavy atom. The highest BCUT2D eigenvalue weighted by Gasteiger charge is 2.21. The van der Waals surface area contributed by atoms with Crippen LogP contribution in [0, 0.1) is 25.5 Å². The molecule has 0 spiro atoms. The first-order chi connectivity index (χ1) is 9.95. The summed E-state index contributed by atoms with van der Waals surface area (Å²) >= 11 is 3.55. The zero-order chi connectivity index (χ0) is 15.6. The van der Waals surface area contributed by atoms with E-state index in [-0.39, 0.29) is 6.04 Å². The molecule has 2 aromatic rings. The van der Waals surface area contributed by atoms with Gasteiger partial charge in [-0.1, -0.05) is 41.1 Å². The molecule has 0 saturated heterocycles. The predicted octanol–water partition coefficient (Wildman–Crippen LogP) is 5.04. The van der Waals surface area contributed by atoms with Gasteiger partial charge in [-0.05, 0) is 49.2 Å². The molecule has 1 atom stereocenters. The first-order valence-electron chi connectivity index (χ1n) is 6.89. The minimum Gasteiger partial charge on any atom is -0.306 e. The fraction of sp³-hybridized carbons (Fsp3) is 0.294. The molecule has 1 unspecified atom stereocenters. The van der Waals surface area contributed by atoms with Crippen molar-refractivity contribution < 1.29 is 8.78 Å². The molecule has 0 bridgehead atoms. The van der Waals surface area contributed by atoms with Gasteiger partial charge < -0.3 is 5.32 Å². The number of hydrogen-bond donors (Lipinski definition) is 1. The van der Waals surface area contributed by atoms with Crippen LogP contribution in [0.4, 0.5) is 8.78 Å². The van der Waals surface area contributed by atoms with Crippen molar-refractivity contribution in [2.75, 3.05) is 6.54 Å². The number of halogens is 3. The molecular weight excluding hydrogens is 336 g/mol. The molecule has 0 aliphatic rings. The van der Waals surface area contributed by atoms with Gasteiger partial charge in [0.25, 0.3) is 0 Å². The van der Waals surface area contributed by atoms with Crippen LogP contribution in [0.2, 0.25) is 0 Å². The lowest BCUT2D eigenvalue weighted by Crippen LogP contribution is -2.24. The maximum absolute atomic E-state index is 14.3. The summed E-state index contributed by atoms with van der Waals surface area (Å²) in [6.07, 6.45) is 0. The van der Waals surface area contributed by atoms with Crippen molar-refractivity contribution in [3.63, 3.8) is 0 Å². The molecule has 0 radical (unpaired) electrons. The Bertz CT molecular complexity index is 655. The summed E-state index contributed by atoms with van der Waals surface area (Å²) in [5, 5.41) is 3.23. The van der Waals surface area contributed by atoms with E-state index in [4.69, 9.17) is 0 Å². The Morgan fingerprint density at radius 1 is 1.05 bits per heavy atom. The molecule has 0 amide bonds. The number of hydrogen-bond acceptors (Lipinski definition) is 1. The molecule has 0 aliphatic carbocycles. The molecule has 2 aromatic carbocycles. The number of aryl methyl sites for hydroxylation is 2. The Hall–Kier alpha value is -1.26. The van der Waals surface area contributed by atoms with E-state index in [1.807, 2.05) is 32.0 Å². The van der Waals surface area contributed by atoms with E-state index < -0.39 is 11.6 Å². The Balaban J connectivity index is 2.59. The highest BCUT2D eigenvalue weighted by Crippen LogP contribution is 2.32. The Morgan fingerprint density at radius 2 is 1.76 bits per heavy atom. The second-order valence-electron chi connectivity index (χ2n) is 5.09. The van der Waals surface area contributed by atoms with Crippen molar-refractivity contribution >= 4 is 15.9 Å². The van der Waals surface area contributed by atoms with Crippen LogP contribution in [-0.2, 0) is 0 Å². The largest absolute Gasteiger partial charge is 0.306 e. The van der Waals surface area contributed by atoms with Crippen LogP contribution in [0.3, 0.4) is 0 Å². The van der Waals surface area contributed by atoms with Crippen LogP contribution in [0.1, 0.15) is 35.2 Å². The standard InChI is InChI=1S/C17H18BrF2N/c1-4-21-17(12-7-5-6-10(2)16(12)18)13-9-14(19)11(3)8-15(13)20/h5-9,17,21H,4H2,1-3H3. The topological polar surface area (TPSA) is 12.0 Å². The third-order valence-corrected chi connectivity index (χ3v) is 4.61. The highest BCUT2D eigenvalue weighted by molar-refractivity contribution is 9.10. The van der Waals surface area contributed by atoms with Crippen molar-refractivity contribution in [1.29, 1.82) is 0 Å². The van der Waals surface area contributed by atoms with Crippen LogP contribution in [-0.4, -0.2) is 6.54 Å². The van der Waals surface area contributed by atoms with Gasteiger partial charge in [-0.15, -0.1) is 0 Å². The first kappa shape index (κ1) is 16.1. The molecule has 0 saturated carbocycles. The van der Waals surface area contributed by atoms with E-state index in [1.165, 1.54) is 12.1 Å². The zero-order valence-corrected chi connectivity index (χ0v) is 13.9. The van der Waals surface area contributed by atoms with Crippen molar-refractivity contribution in [2.24, 2.45) is 0 Å². The molecule has 112 valence electrons. The Labute approximate surface area is 132 Å². The quantitative estimate of drug-likeness (QED) is 0.811. The van der Waals surface area contributed by atoms with Crippen molar-refractivity contribution in [1.82, 2.24) is 5.32 Å². The lowest BCUT2D eigenvalue weighted by atomic mass is 9.95. The molecule has 1 nitrogen and oxygen atoms in total. The zero-order valence-electron chi connectivity index (χ0n) is 12.3. The molecule has 0 fully saturated rings. The van der Waals surface area contributed by atoms with Gasteiger partial charge in [-0.3, -0.25) is 0 Å². The predicted molar refractivity (Wildman–Crippen MR) is 85.5 cm³/mol. The molecule has 0 heterocycles. The summed E-state index contributed by atoms with van der Waals surface area (Å²) < 4.78 is 29.1. The smallest absolute Gasteiger partial charge is 0.128 e. The molecule has 21 heavy (non-hydrogen) atoms. The first-order valence-corrected chi connectivity index (χ1v) is 7.69. The summed E-state index contributed by atoms with van der Waals surface area (Å²) in [4.78, 5) is 0. The third-order valence-electron chi connectivity index (χ3n) is 3.53. The minimum atomic E-state index is -0.395. The highest BCUT2D eigenvalue weighted by atomic mass is 79.9. The molecule has 2 rings (SSSR count). The normalized spacial score (nSPS) is 12.5. The summed E-state index contributed by atoms with van der Waals surface area (Å²) in [5.74, 6) is -0.786. The van der Waals surface area contributed by atoms with Crippen molar-refractivity contribution in [2.45, 2.75) is 26.8 Å². The summed E-state index contributed by atoms with van der Waals surface area (Å²) in [6, 6.07) is 7.96. The van der Waals surface area contributed by atoms with Gasteiger partial charge >= 0.3 is 0 Å². The SMILES string of the molecule is CCNC(c1cc(F)c(C)cc1F)c1cccc(C)c1Br. The molecule has 0 aromatic heterocycles. The average molecular weight is 354 g/mol. The summed E-state index contributed by atoms with van der Waals surface area (Å²) in [5.41, 5.74) is 2.60. The van der Waals surface area contributed by atoms with Crippen molar-refractivity contribution in [3.05, 3.63) is 68.7 Å².